The normalized spacial score (nSPS) is 15.3. The highest BCUT2D eigenvalue weighted by molar-refractivity contribution is 9.10. The number of sulfonamides is 1. The van der Waals surface area contributed by atoms with Gasteiger partial charge in [-0.3, -0.25) is 4.79 Å². The van der Waals surface area contributed by atoms with Crippen LogP contribution in [0, 0.1) is 0 Å². The van der Waals surface area contributed by atoms with Gasteiger partial charge in [0.25, 0.3) is 15.9 Å². The molecule has 0 saturated heterocycles. The lowest BCUT2D eigenvalue weighted by atomic mass is 10.1. The van der Waals surface area contributed by atoms with Crippen molar-refractivity contribution in [1.82, 2.24) is 4.31 Å². The maximum absolute atomic E-state index is 12.5. The van der Waals surface area contributed by atoms with E-state index in [1.807, 2.05) is 36.4 Å². The second-order valence-corrected chi connectivity index (χ2v) is 8.63. The summed E-state index contributed by atoms with van der Waals surface area (Å²) in [7, 11) is -3.79. The Kier molecular flexibility index (Phi) is 4.20. The van der Waals surface area contributed by atoms with Gasteiger partial charge in [0.1, 0.15) is 17.3 Å². The third-order valence-electron chi connectivity index (χ3n) is 4.25. The number of fused-ring (bicyclic) bond motifs is 2. The Morgan fingerprint density at radius 2 is 1.69 bits per heavy atom. The van der Waals surface area contributed by atoms with Crippen molar-refractivity contribution in [3.8, 4) is 5.75 Å². The van der Waals surface area contributed by atoms with Crippen LogP contribution in [0.15, 0.2) is 70.0 Å². The summed E-state index contributed by atoms with van der Waals surface area (Å²) >= 11 is 3.43. The molecular formula is C19H14BrNO4S. The molecule has 132 valence electrons. The number of hydrogen-bond donors (Lipinski definition) is 0. The summed E-state index contributed by atoms with van der Waals surface area (Å²) in [5.74, 6) is 0.119. The maximum Gasteiger partial charge on any atom is 0.269 e. The molecule has 0 unspecified atom stereocenters. The standard InChI is InChI=1S/C19H14BrNO4S/c20-15-7-5-14-12-16(8-6-13(14)11-15)25-10-9-21-19(22)17-3-1-2-4-18(17)26(21,23)24/h1-8,11-12H,9-10H2. The molecule has 0 aromatic heterocycles. The molecule has 0 N–H and O–H groups in total. The predicted octanol–water partition coefficient (Wildman–Crippen LogP) is 3.83. The van der Waals surface area contributed by atoms with Gasteiger partial charge in [0.2, 0.25) is 0 Å². The van der Waals surface area contributed by atoms with Crippen LogP contribution in [0.3, 0.4) is 0 Å². The Morgan fingerprint density at radius 1 is 0.962 bits per heavy atom. The highest BCUT2D eigenvalue weighted by atomic mass is 79.9. The molecule has 3 aromatic carbocycles. The van der Waals surface area contributed by atoms with Gasteiger partial charge in [-0.05, 0) is 47.2 Å². The average molecular weight is 432 g/mol. The van der Waals surface area contributed by atoms with Gasteiger partial charge < -0.3 is 4.74 Å². The molecule has 0 saturated carbocycles. The molecule has 1 aliphatic rings. The smallest absolute Gasteiger partial charge is 0.269 e. The van der Waals surface area contributed by atoms with Crippen LogP contribution in [0.5, 0.6) is 5.75 Å². The number of hydrogen-bond acceptors (Lipinski definition) is 4. The van der Waals surface area contributed by atoms with E-state index in [0.717, 1.165) is 19.6 Å². The Balaban J connectivity index is 1.49. The zero-order valence-corrected chi connectivity index (χ0v) is 16.0. The monoisotopic (exact) mass is 431 g/mol. The van der Waals surface area contributed by atoms with Crippen molar-refractivity contribution in [3.05, 3.63) is 70.7 Å². The van der Waals surface area contributed by atoms with E-state index >= 15 is 0 Å². The molecule has 1 amide bonds. The molecule has 26 heavy (non-hydrogen) atoms. The second kappa shape index (κ2) is 6.41. The van der Waals surface area contributed by atoms with Crippen LogP contribution in [0.2, 0.25) is 0 Å². The van der Waals surface area contributed by atoms with Crippen molar-refractivity contribution >= 4 is 42.6 Å². The fraction of sp³-hybridized carbons (Fsp3) is 0.105. The van der Waals surface area contributed by atoms with Crippen LogP contribution >= 0.6 is 15.9 Å². The Hall–Kier alpha value is -2.38. The molecule has 1 aliphatic heterocycles. The number of benzene rings is 3. The molecule has 3 aromatic rings. The summed E-state index contributed by atoms with van der Waals surface area (Å²) in [6.45, 7) is 0.0508. The molecule has 5 nitrogen and oxygen atoms in total. The van der Waals surface area contributed by atoms with Gasteiger partial charge >= 0.3 is 0 Å². The molecule has 0 radical (unpaired) electrons. The minimum Gasteiger partial charge on any atom is -0.492 e. The van der Waals surface area contributed by atoms with Crippen LogP contribution in [0.25, 0.3) is 10.8 Å². The van der Waals surface area contributed by atoms with Crippen LogP contribution in [0.4, 0.5) is 0 Å². The topological polar surface area (TPSA) is 63.7 Å². The molecule has 7 heteroatoms. The number of ether oxygens (including phenoxy) is 1. The maximum atomic E-state index is 12.5. The van der Waals surface area contributed by atoms with Crippen molar-refractivity contribution < 1.29 is 17.9 Å². The van der Waals surface area contributed by atoms with Crippen molar-refractivity contribution in [2.45, 2.75) is 4.90 Å². The first-order valence-electron chi connectivity index (χ1n) is 7.95. The predicted molar refractivity (Wildman–Crippen MR) is 102 cm³/mol. The Morgan fingerprint density at radius 3 is 2.50 bits per heavy atom. The lowest BCUT2D eigenvalue weighted by Crippen LogP contribution is -2.33. The zero-order chi connectivity index (χ0) is 18.3. The van der Waals surface area contributed by atoms with Crippen LogP contribution < -0.4 is 4.74 Å². The number of rotatable bonds is 4. The van der Waals surface area contributed by atoms with Crippen molar-refractivity contribution in [3.63, 3.8) is 0 Å². The van der Waals surface area contributed by atoms with Gasteiger partial charge in [0, 0.05) is 4.47 Å². The number of nitrogens with zero attached hydrogens (tertiary/aromatic N) is 1. The molecule has 0 bridgehead atoms. The quantitative estimate of drug-likeness (QED) is 0.629. The van der Waals surface area contributed by atoms with Crippen molar-refractivity contribution in [1.29, 1.82) is 0 Å². The Labute approximate surface area is 159 Å². The summed E-state index contributed by atoms with van der Waals surface area (Å²) in [6, 6.07) is 17.8. The van der Waals surface area contributed by atoms with Crippen LogP contribution in [0.1, 0.15) is 10.4 Å². The van der Waals surface area contributed by atoms with Crippen molar-refractivity contribution in [2.24, 2.45) is 0 Å². The van der Waals surface area contributed by atoms with E-state index in [4.69, 9.17) is 4.74 Å². The van der Waals surface area contributed by atoms with Crippen LogP contribution in [-0.2, 0) is 10.0 Å². The highest BCUT2D eigenvalue weighted by Gasteiger charge is 2.40. The van der Waals surface area contributed by atoms with Gasteiger partial charge in [0.05, 0.1) is 12.1 Å². The molecule has 1 heterocycles. The fourth-order valence-corrected chi connectivity index (χ4v) is 4.91. The van der Waals surface area contributed by atoms with E-state index in [9.17, 15) is 13.2 Å². The summed E-state index contributed by atoms with van der Waals surface area (Å²) in [5, 5.41) is 2.09. The van der Waals surface area contributed by atoms with E-state index < -0.39 is 15.9 Å². The molecular weight excluding hydrogens is 418 g/mol. The molecule has 0 aliphatic carbocycles. The molecule has 0 spiro atoms. The number of halogens is 1. The van der Waals surface area contributed by atoms with Gasteiger partial charge in [0.15, 0.2) is 0 Å². The lowest BCUT2D eigenvalue weighted by molar-refractivity contribution is 0.0857. The minimum atomic E-state index is -3.79. The van der Waals surface area contributed by atoms with E-state index in [2.05, 4.69) is 15.9 Å². The van der Waals surface area contributed by atoms with E-state index in [1.54, 1.807) is 12.1 Å². The van der Waals surface area contributed by atoms with Gasteiger partial charge in [-0.25, -0.2) is 12.7 Å². The number of amides is 1. The van der Waals surface area contributed by atoms with Crippen LogP contribution in [-0.4, -0.2) is 31.8 Å². The zero-order valence-electron chi connectivity index (χ0n) is 13.6. The fourth-order valence-electron chi connectivity index (χ4n) is 2.98. The highest BCUT2D eigenvalue weighted by Crippen LogP contribution is 2.30. The number of carbonyl (C=O) groups is 1. The van der Waals surface area contributed by atoms with Gasteiger partial charge in [-0.1, -0.05) is 40.2 Å². The van der Waals surface area contributed by atoms with E-state index in [1.165, 1.54) is 12.1 Å². The molecule has 0 fully saturated rings. The summed E-state index contributed by atoms with van der Waals surface area (Å²) < 4.78 is 32.5. The first-order valence-corrected chi connectivity index (χ1v) is 10.2. The van der Waals surface area contributed by atoms with Gasteiger partial charge in [-0.15, -0.1) is 0 Å². The van der Waals surface area contributed by atoms with E-state index in [0.29, 0.717) is 5.75 Å². The second-order valence-electron chi connectivity index (χ2n) is 5.88. The average Bonchev–Trinajstić information content (AvgIpc) is 2.83. The largest absolute Gasteiger partial charge is 0.492 e. The lowest BCUT2D eigenvalue weighted by Gasteiger charge is -2.15. The first kappa shape index (κ1) is 17.1. The SMILES string of the molecule is O=C1c2ccccc2S(=O)(=O)N1CCOc1ccc2cc(Br)ccc2c1. The van der Waals surface area contributed by atoms with Gasteiger partial charge in [-0.2, -0.15) is 0 Å². The minimum absolute atomic E-state index is 0.0335. The number of carbonyl (C=O) groups excluding carboxylic acids is 1. The molecule has 4 rings (SSSR count). The Bertz CT molecular complexity index is 1130. The summed E-state index contributed by atoms with van der Waals surface area (Å²) in [4.78, 5) is 12.4. The summed E-state index contributed by atoms with van der Waals surface area (Å²) in [5.41, 5.74) is 0.212. The van der Waals surface area contributed by atoms with Crippen molar-refractivity contribution in [2.75, 3.05) is 13.2 Å². The first-order chi connectivity index (χ1) is 12.5. The van der Waals surface area contributed by atoms with E-state index in [-0.39, 0.29) is 23.6 Å². The summed E-state index contributed by atoms with van der Waals surface area (Å²) in [6.07, 6.45) is 0. The third kappa shape index (κ3) is 2.87. The third-order valence-corrected chi connectivity index (χ3v) is 6.58. The molecule has 0 atom stereocenters.